The molecule has 0 spiro atoms. The highest BCUT2D eigenvalue weighted by Gasteiger charge is 2.32. The fourth-order valence-electron chi connectivity index (χ4n) is 11.6. The van der Waals surface area contributed by atoms with Gasteiger partial charge in [0, 0.05) is 0 Å². The first-order valence-electron chi connectivity index (χ1n) is 27.8. The van der Waals surface area contributed by atoms with Gasteiger partial charge in [-0.2, -0.15) is 0 Å². The molecule has 0 aliphatic heterocycles. The average Bonchev–Trinajstić information content (AvgIpc) is 3.49. The zero-order valence-corrected chi connectivity index (χ0v) is 48.7. The van der Waals surface area contributed by atoms with Crippen LogP contribution in [0.3, 0.4) is 0 Å². The molecule has 10 aromatic carbocycles. The van der Waals surface area contributed by atoms with Crippen LogP contribution in [0.4, 0.5) is 0 Å². The summed E-state index contributed by atoms with van der Waals surface area (Å²) in [6.07, 6.45) is 0. The van der Waals surface area contributed by atoms with E-state index in [9.17, 15) is 0 Å². The van der Waals surface area contributed by atoms with Gasteiger partial charge in [-0.05, 0) is 186 Å². The van der Waals surface area contributed by atoms with Crippen molar-refractivity contribution in [3.63, 3.8) is 0 Å². The maximum Gasteiger partial charge on any atom is -0.000139 e. The predicted molar refractivity (Wildman–Crippen MR) is 335 cm³/mol. The molecule has 0 aliphatic carbocycles. The molecule has 0 heterocycles. The Kier molecular flexibility index (Phi) is 13.0. The van der Waals surface area contributed by atoms with Gasteiger partial charge in [-0.25, -0.2) is 0 Å². The van der Waals surface area contributed by atoms with Crippen molar-refractivity contribution in [2.75, 3.05) is 0 Å². The molecule has 0 saturated heterocycles. The Hall–Kier alpha value is -7.02. The third-order valence-corrected chi connectivity index (χ3v) is 16.2. The van der Waals surface area contributed by atoms with Crippen molar-refractivity contribution < 1.29 is 0 Å². The van der Waals surface area contributed by atoms with Crippen molar-refractivity contribution in [3.8, 4) is 66.8 Å². The molecule has 0 aromatic heterocycles. The van der Waals surface area contributed by atoms with Crippen molar-refractivity contribution in [2.45, 2.75) is 145 Å². The summed E-state index contributed by atoms with van der Waals surface area (Å²) in [5, 5.41) is 7.66. The first kappa shape index (κ1) is 52.4. The predicted octanol–water partition coefficient (Wildman–Crippen LogP) is 22.3. The lowest BCUT2D eigenvalue weighted by atomic mass is 9.71. The second kappa shape index (κ2) is 18.9. The standard InChI is InChI=1S/C76H80/c1-47-18-22-53(23-19-47)66-60-43-42-59(74(9,10)11)44-61(60)67(55-30-26-49(27-31-55)51-34-38-57(39-35-51)72(3,4)5)71-68(54-24-20-48(2)21-25-54)62-45-64(75(12,13)14)65(76(15,16)17)46-63(62)69(70(66)71)56-32-28-50(29-33-56)52-36-40-58(41-37-52)73(6,7)8/h18-46H,1-17H3. The van der Waals surface area contributed by atoms with E-state index in [1.165, 1.54) is 138 Å². The first-order valence-corrected chi connectivity index (χ1v) is 27.8. The lowest BCUT2D eigenvalue weighted by Crippen LogP contribution is -2.22. The first-order chi connectivity index (χ1) is 35.7. The van der Waals surface area contributed by atoms with Crippen LogP contribution in [-0.2, 0) is 27.1 Å². The summed E-state index contributed by atoms with van der Waals surface area (Å²) in [5.74, 6) is 0. The summed E-state index contributed by atoms with van der Waals surface area (Å²) >= 11 is 0. The van der Waals surface area contributed by atoms with Crippen LogP contribution in [0.25, 0.3) is 99.1 Å². The van der Waals surface area contributed by atoms with Gasteiger partial charge in [0.15, 0.2) is 0 Å². The Morgan fingerprint density at radius 2 is 0.447 bits per heavy atom. The molecule has 0 unspecified atom stereocenters. The third kappa shape index (κ3) is 9.86. The van der Waals surface area contributed by atoms with Gasteiger partial charge in [-0.3, -0.25) is 0 Å². The average molecular weight is 993 g/mol. The summed E-state index contributed by atoms with van der Waals surface area (Å²) in [6.45, 7) is 39.5. The fraction of sp³-hybridized carbons (Fsp3) is 0.289. The summed E-state index contributed by atoms with van der Waals surface area (Å²) in [6, 6.07) is 68.7. The Bertz CT molecular complexity index is 3780. The summed E-state index contributed by atoms with van der Waals surface area (Å²) in [7, 11) is 0. The minimum Gasteiger partial charge on any atom is -0.0587 e. The number of aryl methyl sites for hydroxylation is 2. The smallest absolute Gasteiger partial charge is 0.000139 e. The molecule has 76 heavy (non-hydrogen) atoms. The van der Waals surface area contributed by atoms with E-state index in [4.69, 9.17) is 0 Å². The SMILES string of the molecule is Cc1ccc(-c2c3ccc(C(C)(C)C)cc3c(-c3ccc(-c4ccc(C(C)(C)C)cc4)cc3)c3c(-c4ccc(C)cc4)c4cc(C(C)(C)C)c(C(C)(C)C)cc4c(-c4ccc(-c5ccc(C(C)(C)C)cc5)cc4)c23)cc1. The Labute approximate surface area is 456 Å². The van der Waals surface area contributed by atoms with E-state index in [2.05, 4.69) is 294 Å². The van der Waals surface area contributed by atoms with E-state index < -0.39 is 0 Å². The van der Waals surface area contributed by atoms with Gasteiger partial charge in [0.05, 0.1) is 0 Å². The molecule has 10 rings (SSSR count). The Morgan fingerprint density at radius 3 is 0.737 bits per heavy atom. The largest absolute Gasteiger partial charge is 0.0587 e. The van der Waals surface area contributed by atoms with Gasteiger partial charge in [-0.15, -0.1) is 0 Å². The fourth-order valence-corrected chi connectivity index (χ4v) is 11.6. The van der Waals surface area contributed by atoms with Crippen molar-refractivity contribution in [3.05, 3.63) is 215 Å². The van der Waals surface area contributed by atoms with Gasteiger partial charge < -0.3 is 0 Å². The highest BCUT2D eigenvalue weighted by atomic mass is 14.4. The van der Waals surface area contributed by atoms with Crippen molar-refractivity contribution in [1.82, 2.24) is 0 Å². The molecular weight excluding hydrogens is 913 g/mol. The number of fused-ring (bicyclic) bond motifs is 3. The normalized spacial score (nSPS) is 12.8. The van der Waals surface area contributed by atoms with Crippen LogP contribution in [0.15, 0.2) is 176 Å². The minimum atomic E-state index is -0.123. The van der Waals surface area contributed by atoms with Gasteiger partial charge in [0.25, 0.3) is 0 Å². The van der Waals surface area contributed by atoms with Crippen molar-refractivity contribution >= 4 is 32.3 Å². The van der Waals surface area contributed by atoms with Crippen LogP contribution in [0.5, 0.6) is 0 Å². The van der Waals surface area contributed by atoms with E-state index >= 15 is 0 Å². The topological polar surface area (TPSA) is 0 Å². The molecule has 0 atom stereocenters. The second-order valence-electron chi connectivity index (χ2n) is 27.2. The Morgan fingerprint density at radius 1 is 0.211 bits per heavy atom. The van der Waals surface area contributed by atoms with E-state index in [-0.39, 0.29) is 27.1 Å². The van der Waals surface area contributed by atoms with Gasteiger partial charge in [0.1, 0.15) is 0 Å². The van der Waals surface area contributed by atoms with E-state index in [0.29, 0.717) is 0 Å². The highest BCUT2D eigenvalue weighted by molar-refractivity contribution is 6.34. The molecule has 384 valence electrons. The van der Waals surface area contributed by atoms with Gasteiger partial charge in [-0.1, -0.05) is 273 Å². The molecule has 0 aliphatic rings. The lowest BCUT2D eigenvalue weighted by molar-refractivity contribution is 0.531. The zero-order valence-electron chi connectivity index (χ0n) is 48.7. The quantitative estimate of drug-likeness (QED) is 0.146. The van der Waals surface area contributed by atoms with Crippen LogP contribution >= 0.6 is 0 Å². The number of hydrogen-bond donors (Lipinski definition) is 0. The van der Waals surface area contributed by atoms with Crippen molar-refractivity contribution in [1.29, 1.82) is 0 Å². The van der Waals surface area contributed by atoms with Crippen LogP contribution in [0.1, 0.15) is 143 Å². The highest BCUT2D eigenvalue weighted by Crippen LogP contribution is 2.55. The molecule has 0 bridgehead atoms. The zero-order chi connectivity index (χ0) is 54.4. The summed E-state index contributed by atoms with van der Waals surface area (Å²) in [4.78, 5) is 0. The van der Waals surface area contributed by atoms with Crippen LogP contribution in [0.2, 0.25) is 0 Å². The lowest BCUT2D eigenvalue weighted by Gasteiger charge is -2.33. The summed E-state index contributed by atoms with van der Waals surface area (Å²) in [5.41, 5.74) is 24.0. The second-order valence-corrected chi connectivity index (χ2v) is 27.2. The maximum absolute atomic E-state index is 2.61. The van der Waals surface area contributed by atoms with Crippen LogP contribution in [0, 0.1) is 13.8 Å². The number of benzene rings is 10. The molecular formula is C76H80. The molecule has 0 nitrogen and oxygen atoms in total. The molecule has 0 saturated carbocycles. The van der Waals surface area contributed by atoms with E-state index in [1.54, 1.807) is 0 Å². The van der Waals surface area contributed by atoms with Crippen molar-refractivity contribution in [2.24, 2.45) is 0 Å². The number of rotatable bonds is 6. The molecule has 0 N–H and O–H groups in total. The van der Waals surface area contributed by atoms with E-state index in [1.807, 2.05) is 0 Å². The van der Waals surface area contributed by atoms with Crippen LogP contribution in [-0.4, -0.2) is 0 Å². The molecule has 0 radical (unpaired) electrons. The Balaban J connectivity index is 1.44. The van der Waals surface area contributed by atoms with Gasteiger partial charge >= 0.3 is 0 Å². The molecule has 10 aromatic rings. The van der Waals surface area contributed by atoms with E-state index in [0.717, 1.165) is 0 Å². The van der Waals surface area contributed by atoms with Gasteiger partial charge in [0.2, 0.25) is 0 Å². The number of hydrogen-bond acceptors (Lipinski definition) is 0. The monoisotopic (exact) mass is 993 g/mol. The minimum absolute atomic E-state index is 0.0817. The maximum atomic E-state index is 2.61. The molecule has 0 fully saturated rings. The molecule has 0 amide bonds. The summed E-state index contributed by atoms with van der Waals surface area (Å²) < 4.78 is 0. The molecule has 0 heteroatoms. The third-order valence-electron chi connectivity index (χ3n) is 16.2. The van der Waals surface area contributed by atoms with Crippen LogP contribution < -0.4 is 0 Å².